The molecule has 2 aromatic heterocycles. The number of hydrogen-bond donors (Lipinski definition) is 1. The number of aryl methyl sites for hydroxylation is 3. The van der Waals surface area contributed by atoms with Crippen molar-refractivity contribution in [3.05, 3.63) is 26.6 Å². The Labute approximate surface area is 113 Å². The summed E-state index contributed by atoms with van der Waals surface area (Å²) in [6.45, 7) is 1.95. The monoisotopic (exact) mass is 278 g/mol. The van der Waals surface area contributed by atoms with Crippen molar-refractivity contribution < 1.29 is 9.90 Å². The Bertz CT molecular complexity index is 730. The van der Waals surface area contributed by atoms with Crippen LogP contribution in [0.5, 0.6) is 0 Å². The van der Waals surface area contributed by atoms with Crippen LogP contribution in [0.2, 0.25) is 0 Å². The van der Waals surface area contributed by atoms with E-state index in [9.17, 15) is 9.59 Å². The molecule has 0 bridgehead atoms. The van der Waals surface area contributed by atoms with Gasteiger partial charge in [-0.2, -0.15) is 0 Å². The molecule has 0 saturated heterocycles. The van der Waals surface area contributed by atoms with E-state index in [0.29, 0.717) is 11.2 Å². The highest BCUT2D eigenvalue weighted by molar-refractivity contribution is 7.18. The van der Waals surface area contributed by atoms with E-state index in [0.717, 1.165) is 29.7 Å². The maximum absolute atomic E-state index is 12.5. The molecule has 0 saturated carbocycles. The number of carboxylic acids is 1. The Morgan fingerprint density at radius 3 is 3.00 bits per heavy atom. The normalized spacial score (nSPS) is 13.9. The van der Waals surface area contributed by atoms with Crippen LogP contribution in [0.25, 0.3) is 10.2 Å². The average Bonchev–Trinajstić information content (AvgIpc) is 2.87. The molecule has 0 atom stereocenters. The summed E-state index contributed by atoms with van der Waals surface area (Å²) in [6, 6.07) is 0. The molecule has 0 unspecified atom stereocenters. The predicted molar refractivity (Wildman–Crippen MR) is 72.9 cm³/mol. The molecule has 0 aliphatic heterocycles. The summed E-state index contributed by atoms with van der Waals surface area (Å²) in [5.41, 5.74) is 1.06. The topological polar surface area (TPSA) is 72.2 Å². The van der Waals surface area contributed by atoms with Gasteiger partial charge in [0, 0.05) is 11.4 Å². The molecular formula is C13H14N2O3S. The van der Waals surface area contributed by atoms with E-state index in [2.05, 4.69) is 4.98 Å². The number of thiophene rings is 1. The van der Waals surface area contributed by atoms with Gasteiger partial charge in [-0.1, -0.05) is 0 Å². The molecule has 0 amide bonds. The zero-order valence-corrected chi connectivity index (χ0v) is 11.4. The number of aromatic nitrogens is 2. The SMILES string of the molecule is Cc1nc2sc3c(c2c(=O)n1CCC(=O)O)CCC3. The zero-order chi connectivity index (χ0) is 13.6. The maximum atomic E-state index is 12.5. The largest absolute Gasteiger partial charge is 0.481 e. The van der Waals surface area contributed by atoms with Crippen molar-refractivity contribution in [3.63, 3.8) is 0 Å². The summed E-state index contributed by atoms with van der Waals surface area (Å²) < 4.78 is 1.49. The molecule has 3 rings (SSSR count). The van der Waals surface area contributed by atoms with Crippen LogP contribution in [0.15, 0.2) is 4.79 Å². The van der Waals surface area contributed by atoms with Crippen molar-refractivity contribution in [2.24, 2.45) is 0 Å². The van der Waals surface area contributed by atoms with Gasteiger partial charge in [0.2, 0.25) is 0 Å². The fourth-order valence-electron chi connectivity index (χ4n) is 2.65. The lowest BCUT2D eigenvalue weighted by molar-refractivity contribution is -0.137. The van der Waals surface area contributed by atoms with Gasteiger partial charge >= 0.3 is 5.97 Å². The average molecular weight is 278 g/mol. The fraction of sp³-hybridized carbons (Fsp3) is 0.462. The highest BCUT2D eigenvalue weighted by Gasteiger charge is 2.22. The standard InChI is InChI=1S/C13H14N2O3S/c1-7-14-12-11(8-3-2-4-9(8)19-12)13(18)15(7)6-5-10(16)17/h2-6H2,1H3,(H,16,17). The van der Waals surface area contributed by atoms with Crippen LogP contribution in [-0.4, -0.2) is 20.6 Å². The number of hydrogen-bond acceptors (Lipinski definition) is 4. The van der Waals surface area contributed by atoms with Crippen molar-refractivity contribution in [3.8, 4) is 0 Å². The van der Waals surface area contributed by atoms with Crippen molar-refractivity contribution in [2.45, 2.75) is 39.2 Å². The summed E-state index contributed by atoms with van der Waals surface area (Å²) in [5.74, 6) is -0.305. The Hall–Kier alpha value is -1.69. The molecule has 1 aliphatic carbocycles. The van der Waals surface area contributed by atoms with Crippen LogP contribution in [0.3, 0.4) is 0 Å². The summed E-state index contributed by atoms with van der Waals surface area (Å²) in [5, 5.41) is 9.47. The van der Waals surface area contributed by atoms with Gasteiger partial charge in [0.05, 0.1) is 11.8 Å². The minimum atomic E-state index is -0.901. The minimum absolute atomic E-state index is 0.0553. The minimum Gasteiger partial charge on any atom is -0.481 e. The molecule has 0 radical (unpaired) electrons. The van der Waals surface area contributed by atoms with Gasteiger partial charge in [0.15, 0.2) is 0 Å². The number of fused-ring (bicyclic) bond motifs is 3. The van der Waals surface area contributed by atoms with Crippen LogP contribution < -0.4 is 5.56 Å². The number of nitrogens with zero attached hydrogens (tertiary/aromatic N) is 2. The van der Waals surface area contributed by atoms with Gasteiger partial charge in [-0.3, -0.25) is 14.2 Å². The maximum Gasteiger partial charge on any atom is 0.305 e. The van der Waals surface area contributed by atoms with E-state index in [4.69, 9.17) is 5.11 Å². The number of rotatable bonds is 3. The van der Waals surface area contributed by atoms with E-state index in [1.807, 2.05) is 0 Å². The van der Waals surface area contributed by atoms with Crippen molar-refractivity contribution >= 4 is 27.5 Å². The molecule has 1 aliphatic rings. The molecule has 1 N–H and O–H groups in total. The Morgan fingerprint density at radius 1 is 1.47 bits per heavy atom. The van der Waals surface area contributed by atoms with Gasteiger partial charge in [-0.25, -0.2) is 4.98 Å². The van der Waals surface area contributed by atoms with Gasteiger partial charge in [0.25, 0.3) is 5.56 Å². The summed E-state index contributed by atoms with van der Waals surface area (Å²) in [7, 11) is 0. The lowest BCUT2D eigenvalue weighted by Crippen LogP contribution is -2.25. The molecule has 2 heterocycles. The smallest absolute Gasteiger partial charge is 0.305 e. The van der Waals surface area contributed by atoms with Crippen LogP contribution >= 0.6 is 11.3 Å². The molecule has 5 nitrogen and oxygen atoms in total. The van der Waals surface area contributed by atoms with Crippen LogP contribution in [0, 0.1) is 6.92 Å². The molecule has 19 heavy (non-hydrogen) atoms. The number of carbonyl (C=O) groups is 1. The molecule has 6 heteroatoms. The highest BCUT2D eigenvalue weighted by atomic mass is 32.1. The summed E-state index contributed by atoms with van der Waals surface area (Å²) in [4.78, 5) is 29.7. The molecular weight excluding hydrogens is 264 g/mol. The predicted octanol–water partition coefficient (Wildman–Crippen LogP) is 1.73. The number of carboxylic acid groups (broad SMARTS) is 1. The fourth-order valence-corrected chi connectivity index (χ4v) is 3.95. The second-order valence-corrected chi connectivity index (χ2v) is 5.88. The van der Waals surface area contributed by atoms with Crippen molar-refractivity contribution in [2.75, 3.05) is 0 Å². The molecule has 0 spiro atoms. The van der Waals surface area contributed by atoms with E-state index in [1.165, 1.54) is 9.44 Å². The third kappa shape index (κ3) is 1.96. The van der Waals surface area contributed by atoms with Crippen molar-refractivity contribution in [1.82, 2.24) is 9.55 Å². The van der Waals surface area contributed by atoms with Gasteiger partial charge in [-0.05, 0) is 31.7 Å². The first-order valence-corrected chi connectivity index (χ1v) is 7.13. The van der Waals surface area contributed by atoms with Crippen LogP contribution in [0.1, 0.15) is 29.1 Å². The summed E-state index contributed by atoms with van der Waals surface area (Å²) >= 11 is 1.61. The Morgan fingerprint density at radius 2 is 2.26 bits per heavy atom. The van der Waals surface area contributed by atoms with Crippen molar-refractivity contribution in [1.29, 1.82) is 0 Å². The van der Waals surface area contributed by atoms with Crippen LogP contribution in [0.4, 0.5) is 0 Å². The molecule has 2 aromatic rings. The Balaban J connectivity index is 2.17. The lowest BCUT2D eigenvalue weighted by atomic mass is 10.2. The third-order valence-corrected chi connectivity index (χ3v) is 4.75. The van der Waals surface area contributed by atoms with Gasteiger partial charge in [-0.15, -0.1) is 11.3 Å². The Kier molecular flexibility index (Phi) is 2.89. The first kappa shape index (κ1) is 12.3. The van der Waals surface area contributed by atoms with E-state index >= 15 is 0 Å². The van der Waals surface area contributed by atoms with E-state index in [1.54, 1.807) is 18.3 Å². The van der Waals surface area contributed by atoms with E-state index in [-0.39, 0.29) is 18.5 Å². The first-order valence-electron chi connectivity index (χ1n) is 6.31. The van der Waals surface area contributed by atoms with Gasteiger partial charge < -0.3 is 5.11 Å². The molecule has 100 valence electrons. The highest BCUT2D eigenvalue weighted by Crippen LogP contribution is 2.34. The number of aliphatic carboxylic acids is 1. The van der Waals surface area contributed by atoms with Gasteiger partial charge in [0.1, 0.15) is 10.7 Å². The quantitative estimate of drug-likeness (QED) is 0.928. The second kappa shape index (κ2) is 4.45. The molecule has 0 fully saturated rings. The third-order valence-electron chi connectivity index (χ3n) is 3.56. The van der Waals surface area contributed by atoms with Crippen LogP contribution in [-0.2, 0) is 24.2 Å². The lowest BCUT2D eigenvalue weighted by Gasteiger charge is -2.08. The molecule has 0 aromatic carbocycles. The first-order chi connectivity index (χ1) is 9.08. The zero-order valence-electron chi connectivity index (χ0n) is 10.6. The second-order valence-electron chi connectivity index (χ2n) is 4.80. The van der Waals surface area contributed by atoms with E-state index < -0.39 is 5.97 Å². The summed E-state index contributed by atoms with van der Waals surface area (Å²) in [6.07, 6.45) is 3.01.